The third-order valence-corrected chi connectivity index (χ3v) is 3.65. The number of carbonyl (C=O) groups excluding carboxylic acids is 1. The average Bonchev–Trinajstić information content (AvgIpc) is 2.82. The van der Waals surface area contributed by atoms with Gasteiger partial charge < -0.3 is 14.7 Å². The van der Waals surface area contributed by atoms with Crippen molar-refractivity contribution in [3.8, 4) is 0 Å². The van der Waals surface area contributed by atoms with Gasteiger partial charge in [-0.3, -0.25) is 9.36 Å². The largest absolute Gasteiger partial charge is 0.325 e. The fourth-order valence-corrected chi connectivity index (χ4v) is 2.42. The molecule has 0 aliphatic carbocycles. The van der Waals surface area contributed by atoms with Gasteiger partial charge in [0, 0.05) is 12.4 Å². The number of aromatic nitrogens is 3. The van der Waals surface area contributed by atoms with Crippen LogP contribution in [0, 0.1) is 0 Å². The summed E-state index contributed by atoms with van der Waals surface area (Å²) in [5.41, 5.74) is 1.72. The number of hydrogen-bond donors (Lipinski definition) is 2. The van der Waals surface area contributed by atoms with Crippen molar-refractivity contribution < 1.29 is 18.8 Å². The van der Waals surface area contributed by atoms with Crippen LogP contribution in [-0.4, -0.2) is 38.7 Å². The highest BCUT2D eigenvalue weighted by atomic mass is 31.2. The van der Waals surface area contributed by atoms with Gasteiger partial charge in [-0.05, 0) is 18.1 Å². The summed E-state index contributed by atoms with van der Waals surface area (Å²) in [7, 11) is -3.56. The Kier molecular flexibility index (Phi) is 4.95. The Labute approximate surface area is 128 Å². The predicted octanol–water partition coefficient (Wildman–Crippen LogP) is 2.01. The molecule has 0 bridgehead atoms. The van der Waals surface area contributed by atoms with Gasteiger partial charge in [0.1, 0.15) is 11.8 Å². The van der Waals surface area contributed by atoms with Crippen LogP contribution in [0.1, 0.15) is 31.9 Å². The highest BCUT2D eigenvalue weighted by Gasteiger charge is 2.14. The van der Waals surface area contributed by atoms with Gasteiger partial charge in [-0.25, -0.2) is 9.50 Å². The molecular weight excluding hydrogens is 307 g/mol. The molecule has 2 N–H and O–H groups in total. The maximum absolute atomic E-state index is 11.9. The second kappa shape index (κ2) is 6.56. The Hall–Kier alpha value is -1.76. The van der Waals surface area contributed by atoms with Crippen molar-refractivity contribution in [2.75, 3.05) is 18.6 Å². The molecule has 0 fully saturated rings. The summed E-state index contributed by atoms with van der Waals surface area (Å²) in [6, 6.07) is 3.78. The summed E-state index contributed by atoms with van der Waals surface area (Å²) in [6.45, 7) is 5.05. The highest BCUT2D eigenvalue weighted by Crippen LogP contribution is 2.36. The van der Waals surface area contributed by atoms with E-state index in [1.165, 1.54) is 6.33 Å². The molecular formula is C13H19N4O4P. The molecule has 2 heterocycles. The van der Waals surface area contributed by atoms with Crippen LogP contribution in [0.5, 0.6) is 0 Å². The van der Waals surface area contributed by atoms with Crippen LogP contribution >= 0.6 is 7.60 Å². The van der Waals surface area contributed by atoms with E-state index in [2.05, 4.69) is 33.8 Å². The van der Waals surface area contributed by atoms with E-state index in [9.17, 15) is 9.36 Å². The van der Waals surface area contributed by atoms with E-state index < -0.39 is 7.60 Å². The molecule has 2 aromatic rings. The normalized spacial score (nSPS) is 14.2. The van der Waals surface area contributed by atoms with Crippen LogP contribution in [0.2, 0.25) is 0 Å². The molecule has 0 spiro atoms. The van der Waals surface area contributed by atoms with Gasteiger partial charge in [0.2, 0.25) is 5.91 Å². The van der Waals surface area contributed by atoms with Crippen LogP contribution in [-0.2, 0) is 13.9 Å². The molecule has 2 aromatic heterocycles. The maximum Gasteiger partial charge on any atom is 0.325 e. The molecule has 8 nitrogen and oxygen atoms in total. The number of hydrogen-bond acceptors (Lipinski definition) is 5. The molecule has 1 unspecified atom stereocenters. The highest BCUT2D eigenvalue weighted by molar-refractivity contribution is 7.51. The molecule has 0 radical (unpaired) electrons. The fraction of sp³-hybridized carbons (Fsp3) is 0.462. The minimum Gasteiger partial charge on any atom is -0.324 e. The molecule has 0 saturated heterocycles. The predicted molar refractivity (Wildman–Crippen MR) is 82.0 cm³/mol. The number of nitrogens with one attached hydrogen (secondary N) is 1. The molecule has 22 heavy (non-hydrogen) atoms. The van der Waals surface area contributed by atoms with E-state index in [4.69, 9.17) is 4.89 Å². The number of rotatable bonds is 6. The first kappa shape index (κ1) is 16.6. The standard InChI is InChI=1S/C13H19N4O4P/c1-9(2)10-4-5-11-13(14-8-15-17(10)11)16-12(18)6-7-21-22(3,19)20/h4-5,8-9H,6-7H2,1-3H3,(H,19,20)(H,14,15,16,18). The number of amides is 1. The van der Waals surface area contributed by atoms with Gasteiger partial charge in [0.15, 0.2) is 5.82 Å². The molecule has 1 amide bonds. The SMILES string of the molecule is CC(C)c1ccc2c(NC(=O)CCOP(C)(=O)O)ncnn12. The van der Waals surface area contributed by atoms with Crippen molar-refractivity contribution in [2.45, 2.75) is 26.2 Å². The van der Waals surface area contributed by atoms with Crippen molar-refractivity contribution >= 4 is 24.8 Å². The number of nitrogens with zero attached hydrogens (tertiary/aromatic N) is 3. The van der Waals surface area contributed by atoms with Crippen LogP contribution < -0.4 is 5.32 Å². The lowest BCUT2D eigenvalue weighted by Gasteiger charge is -2.09. The van der Waals surface area contributed by atoms with Gasteiger partial charge in [0.25, 0.3) is 0 Å². The third-order valence-electron chi connectivity index (χ3n) is 2.99. The first-order valence-corrected chi connectivity index (χ1v) is 8.87. The lowest BCUT2D eigenvalue weighted by Crippen LogP contribution is -2.16. The Bertz CT molecular complexity index is 722. The first-order chi connectivity index (χ1) is 10.3. The summed E-state index contributed by atoms with van der Waals surface area (Å²) in [5.74, 6) is 0.342. The topological polar surface area (TPSA) is 106 Å². The average molecular weight is 326 g/mol. The Morgan fingerprint density at radius 3 is 2.86 bits per heavy atom. The summed E-state index contributed by atoms with van der Waals surface area (Å²) < 4.78 is 17.4. The van der Waals surface area contributed by atoms with Crippen molar-refractivity contribution in [3.63, 3.8) is 0 Å². The maximum atomic E-state index is 11.9. The molecule has 0 saturated carbocycles. The van der Waals surface area contributed by atoms with Gasteiger partial charge in [0.05, 0.1) is 13.0 Å². The van der Waals surface area contributed by atoms with Gasteiger partial charge >= 0.3 is 7.60 Å². The van der Waals surface area contributed by atoms with E-state index in [1.807, 2.05) is 12.1 Å². The van der Waals surface area contributed by atoms with Gasteiger partial charge in [-0.1, -0.05) is 13.8 Å². The van der Waals surface area contributed by atoms with Crippen molar-refractivity contribution in [3.05, 3.63) is 24.2 Å². The lowest BCUT2D eigenvalue weighted by atomic mass is 10.1. The number of carbonyl (C=O) groups is 1. The van der Waals surface area contributed by atoms with Crippen molar-refractivity contribution in [1.82, 2.24) is 14.6 Å². The molecule has 0 aliphatic rings. The molecule has 0 aliphatic heterocycles. The van der Waals surface area contributed by atoms with Crippen molar-refractivity contribution in [2.24, 2.45) is 0 Å². The summed E-state index contributed by atoms with van der Waals surface area (Å²) >= 11 is 0. The second-order valence-electron chi connectivity index (χ2n) is 5.25. The zero-order valence-electron chi connectivity index (χ0n) is 12.7. The monoisotopic (exact) mass is 326 g/mol. The van der Waals surface area contributed by atoms with Crippen LogP contribution in [0.15, 0.2) is 18.5 Å². The summed E-state index contributed by atoms with van der Waals surface area (Å²) in [4.78, 5) is 24.9. The Morgan fingerprint density at radius 2 is 2.23 bits per heavy atom. The van der Waals surface area contributed by atoms with E-state index in [1.54, 1.807) is 4.52 Å². The summed E-state index contributed by atoms with van der Waals surface area (Å²) in [6.07, 6.45) is 1.34. The van der Waals surface area contributed by atoms with E-state index in [0.29, 0.717) is 11.3 Å². The zero-order valence-corrected chi connectivity index (χ0v) is 13.6. The van der Waals surface area contributed by atoms with Crippen LogP contribution in [0.3, 0.4) is 0 Å². The minimum atomic E-state index is -3.56. The second-order valence-corrected chi connectivity index (χ2v) is 7.12. The smallest absolute Gasteiger partial charge is 0.324 e. The third kappa shape index (κ3) is 4.13. The van der Waals surface area contributed by atoms with Gasteiger partial charge in [-0.2, -0.15) is 5.10 Å². The van der Waals surface area contributed by atoms with E-state index in [-0.39, 0.29) is 24.9 Å². The fourth-order valence-electron chi connectivity index (χ4n) is 1.99. The van der Waals surface area contributed by atoms with Crippen LogP contribution in [0.25, 0.3) is 5.52 Å². The minimum absolute atomic E-state index is 0.0354. The Balaban J connectivity index is 2.08. The molecule has 9 heteroatoms. The summed E-state index contributed by atoms with van der Waals surface area (Å²) in [5, 5.41) is 6.85. The van der Waals surface area contributed by atoms with Crippen molar-refractivity contribution in [1.29, 1.82) is 0 Å². The van der Waals surface area contributed by atoms with Gasteiger partial charge in [-0.15, -0.1) is 0 Å². The zero-order chi connectivity index (χ0) is 16.3. The molecule has 2 rings (SSSR count). The number of fused-ring (bicyclic) bond motifs is 1. The molecule has 1 atom stereocenters. The van der Waals surface area contributed by atoms with E-state index in [0.717, 1.165) is 12.4 Å². The van der Waals surface area contributed by atoms with Crippen LogP contribution in [0.4, 0.5) is 5.82 Å². The first-order valence-electron chi connectivity index (χ1n) is 6.85. The molecule has 0 aromatic carbocycles. The quantitative estimate of drug-likeness (QED) is 0.787. The Morgan fingerprint density at radius 1 is 1.50 bits per heavy atom. The molecule has 120 valence electrons. The van der Waals surface area contributed by atoms with E-state index >= 15 is 0 Å². The number of anilines is 1. The lowest BCUT2D eigenvalue weighted by molar-refractivity contribution is -0.116.